The van der Waals surface area contributed by atoms with Gasteiger partial charge in [-0.15, -0.1) is 10.2 Å². The molecule has 1 aromatic heterocycles. The Bertz CT molecular complexity index is 1230. The van der Waals surface area contributed by atoms with Crippen molar-refractivity contribution in [3.05, 3.63) is 89.5 Å². The van der Waals surface area contributed by atoms with Gasteiger partial charge in [-0.3, -0.25) is 4.57 Å². The Balaban J connectivity index is 1.48. The lowest BCUT2D eigenvalue weighted by molar-refractivity contribution is 0.174. The summed E-state index contributed by atoms with van der Waals surface area (Å²) >= 11 is 1.31. The van der Waals surface area contributed by atoms with Crippen LogP contribution in [-0.4, -0.2) is 21.6 Å². The van der Waals surface area contributed by atoms with Crippen LogP contribution in [0.3, 0.4) is 0 Å². The summed E-state index contributed by atoms with van der Waals surface area (Å²) in [6.45, 7) is 0.697. The van der Waals surface area contributed by atoms with E-state index in [0.29, 0.717) is 29.0 Å². The Hall–Kier alpha value is -3.39. The molecule has 0 atom stereocenters. The minimum absolute atomic E-state index is 0.209. The van der Waals surface area contributed by atoms with Crippen molar-refractivity contribution >= 4 is 11.8 Å². The molecule has 156 valence electrons. The van der Waals surface area contributed by atoms with Crippen LogP contribution >= 0.6 is 11.8 Å². The first-order valence-corrected chi connectivity index (χ1v) is 10.6. The topological polar surface area (TPSA) is 49.2 Å². The van der Waals surface area contributed by atoms with Crippen LogP contribution < -0.4 is 9.47 Å². The minimum atomic E-state index is -0.857. The molecule has 5 nitrogen and oxygen atoms in total. The fraction of sp³-hybridized carbons (Fsp3) is 0.130. The predicted molar refractivity (Wildman–Crippen MR) is 113 cm³/mol. The van der Waals surface area contributed by atoms with E-state index in [1.165, 1.54) is 17.8 Å². The predicted octanol–water partition coefficient (Wildman–Crippen LogP) is 5.29. The van der Waals surface area contributed by atoms with Crippen molar-refractivity contribution in [2.45, 2.75) is 17.5 Å². The van der Waals surface area contributed by atoms with E-state index in [9.17, 15) is 8.78 Å². The molecular weight excluding hydrogens is 420 g/mol. The average molecular weight is 437 g/mol. The van der Waals surface area contributed by atoms with Crippen molar-refractivity contribution in [1.82, 2.24) is 14.8 Å². The highest BCUT2D eigenvalue weighted by Gasteiger charge is 2.18. The lowest BCUT2D eigenvalue weighted by Gasteiger charge is -2.11. The molecule has 0 saturated carbocycles. The molecule has 0 fully saturated rings. The van der Waals surface area contributed by atoms with Crippen LogP contribution in [0.15, 0.2) is 71.9 Å². The second-order valence-electron chi connectivity index (χ2n) is 6.95. The van der Waals surface area contributed by atoms with Gasteiger partial charge in [0.2, 0.25) is 6.79 Å². The van der Waals surface area contributed by atoms with E-state index in [2.05, 4.69) is 10.2 Å². The Morgan fingerprint density at radius 3 is 2.61 bits per heavy atom. The highest BCUT2D eigenvalue weighted by atomic mass is 32.2. The van der Waals surface area contributed by atoms with Gasteiger partial charge < -0.3 is 9.47 Å². The zero-order valence-corrected chi connectivity index (χ0v) is 17.1. The van der Waals surface area contributed by atoms with E-state index >= 15 is 0 Å². The summed E-state index contributed by atoms with van der Waals surface area (Å²) in [5.41, 5.74) is 2.18. The molecule has 2 heterocycles. The molecule has 0 N–H and O–H groups in total. The van der Waals surface area contributed by atoms with Crippen LogP contribution in [0.4, 0.5) is 8.78 Å². The van der Waals surface area contributed by atoms with Crippen molar-refractivity contribution in [3.8, 4) is 22.9 Å². The third kappa shape index (κ3) is 3.98. The Morgan fingerprint density at radius 1 is 0.903 bits per heavy atom. The Kier molecular flexibility index (Phi) is 5.30. The number of hydrogen-bond acceptors (Lipinski definition) is 5. The van der Waals surface area contributed by atoms with Gasteiger partial charge in [-0.25, -0.2) is 8.78 Å². The van der Waals surface area contributed by atoms with Crippen molar-refractivity contribution < 1.29 is 18.3 Å². The van der Waals surface area contributed by atoms with Gasteiger partial charge in [0.1, 0.15) is 0 Å². The molecule has 0 unspecified atom stereocenters. The van der Waals surface area contributed by atoms with Crippen LogP contribution in [-0.2, 0) is 12.3 Å². The van der Waals surface area contributed by atoms with Crippen LogP contribution in [0.25, 0.3) is 11.4 Å². The first-order valence-electron chi connectivity index (χ1n) is 9.62. The monoisotopic (exact) mass is 437 g/mol. The van der Waals surface area contributed by atoms with Gasteiger partial charge in [0, 0.05) is 16.9 Å². The SMILES string of the molecule is Fc1cccc(CSc2nnc(-c3ccccc3)n2Cc2ccc3c(c2)OCO3)c1F. The third-order valence-electron chi connectivity index (χ3n) is 4.91. The van der Waals surface area contributed by atoms with Crippen molar-refractivity contribution in [2.75, 3.05) is 6.79 Å². The zero-order valence-electron chi connectivity index (χ0n) is 16.3. The normalized spacial score (nSPS) is 12.3. The maximum atomic E-state index is 14.1. The summed E-state index contributed by atoms with van der Waals surface area (Å²) in [5.74, 6) is 0.651. The maximum absolute atomic E-state index is 14.1. The van der Waals surface area contributed by atoms with Gasteiger partial charge in [0.15, 0.2) is 34.1 Å². The van der Waals surface area contributed by atoms with Crippen LogP contribution in [0.2, 0.25) is 0 Å². The van der Waals surface area contributed by atoms with Gasteiger partial charge >= 0.3 is 0 Å². The quantitative estimate of drug-likeness (QED) is 0.384. The van der Waals surface area contributed by atoms with E-state index in [0.717, 1.165) is 17.2 Å². The van der Waals surface area contributed by atoms with E-state index in [-0.39, 0.29) is 18.1 Å². The molecule has 0 aliphatic carbocycles. The number of halogens is 2. The summed E-state index contributed by atoms with van der Waals surface area (Å²) in [5, 5.41) is 9.32. The average Bonchev–Trinajstić information content (AvgIpc) is 3.42. The molecule has 0 radical (unpaired) electrons. The number of hydrogen-bond donors (Lipinski definition) is 0. The lowest BCUT2D eigenvalue weighted by Crippen LogP contribution is -2.04. The van der Waals surface area contributed by atoms with E-state index < -0.39 is 11.6 Å². The number of ether oxygens (including phenoxy) is 2. The Morgan fingerprint density at radius 2 is 1.74 bits per heavy atom. The molecule has 3 aromatic carbocycles. The summed E-state index contributed by atoms with van der Waals surface area (Å²) in [4.78, 5) is 0. The molecule has 0 amide bonds. The molecule has 31 heavy (non-hydrogen) atoms. The summed E-state index contributed by atoms with van der Waals surface area (Å²) in [6.07, 6.45) is 0. The summed E-state index contributed by atoms with van der Waals surface area (Å²) in [6, 6.07) is 19.7. The molecule has 4 aromatic rings. The Labute approximate surface area is 181 Å². The molecule has 0 spiro atoms. The smallest absolute Gasteiger partial charge is 0.231 e. The maximum Gasteiger partial charge on any atom is 0.231 e. The molecule has 8 heteroatoms. The van der Waals surface area contributed by atoms with Crippen LogP contribution in [0.5, 0.6) is 11.5 Å². The standard InChI is InChI=1S/C23H17F2N3O2S/c24-18-8-4-7-17(21(18)25)13-31-23-27-26-22(16-5-2-1-3-6-16)28(23)12-15-9-10-19-20(11-15)30-14-29-19/h1-11H,12-14H2. The molecule has 1 aliphatic rings. The van der Waals surface area contributed by atoms with Gasteiger partial charge in [-0.05, 0) is 23.8 Å². The van der Waals surface area contributed by atoms with Crippen molar-refractivity contribution in [3.63, 3.8) is 0 Å². The van der Waals surface area contributed by atoms with Crippen molar-refractivity contribution in [2.24, 2.45) is 0 Å². The van der Waals surface area contributed by atoms with E-state index in [4.69, 9.17) is 9.47 Å². The number of fused-ring (bicyclic) bond motifs is 1. The highest BCUT2D eigenvalue weighted by Crippen LogP contribution is 2.34. The third-order valence-corrected chi connectivity index (χ3v) is 5.93. The number of aromatic nitrogens is 3. The molecule has 5 rings (SSSR count). The molecule has 1 aliphatic heterocycles. The second kappa shape index (κ2) is 8.39. The number of benzene rings is 3. The second-order valence-corrected chi connectivity index (χ2v) is 7.89. The van der Waals surface area contributed by atoms with Crippen LogP contribution in [0.1, 0.15) is 11.1 Å². The zero-order chi connectivity index (χ0) is 21.2. The fourth-order valence-electron chi connectivity index (χ4n) is 3.36. The van der Waals surface area contributed by atoms with Gasteiger partial charge in [0.25, 0.3) is 0 Å². The van der Waals surface area contributed by atoms with Gasteiger partial charge in [-0.1, -0.05) is 60.3 Å². The van der Waals surface area contributed by atoms with Crippen LogP contribution in [0, 0.1) is 11.6 Å². The highest BCUT2D eigenvalue weighted by molar-refractivity contribution is 7.98. The van der Waals surface area contributed by atoms with Gasteiger partial charge in [0.05, 0.1) is 6.54 Å². The van der Waals surface area contributed by atoms with Gasteiger partial charge in [-0.2, -0.15) is 0 Å². The van der Waals surface area contributed by atoms with E-state index in [1.54, 1.807) is 6.07 Å². The largest absolute Gasteiger partial charge is 0.454 e. The first-order chi connectivity index (χ1) is 15.2. The minimum Gasteiger partial charge on any atom is -0.454 e. The number of rotatable bonds is 6. The lowest BCUT2D eigenvalue weighted by atomic mass is 10.2. The summed E-state index contributed by atoms with van der Waals surface area (Å²) < 4.78 is 40.5. The number of nitrogens with zero attached hydrogens (tertiary/aromatic N) is 3. The number of thioether (sulfide) groups is 1. The molecule has 0 saturated heterocycles. The van der Waals surface area contributed by atoms with Crippen molar-refractivity contribution in [1.29, 1.82) is 0 Å². The molecular formula is C23H17F2N3O2S. The summed E-state index contributed by atoms with van der Waals surface area (Å²) in [7, 11) is 0. The fourth-order valence-corrected chi connectivity index (χ4v) is 4.28. The van der Waals surface area contributed by atoms with E-state index in [1.807, 2.05) is 53.1 Å². The first kappa shape index (κ1) is 19.6. The molecule has 0 bridgehead atoms.